The Morgan fingerprint density at radius 1 is 1.24 bits per heavy atom. The van der Waals surface area contributed by atoms with Crippen LogP contribution in [0.25, 0.3) is 0 Å². The monoisotopic (exact) mass is 309 g/mol. The number of nitrogens with two attached hydrogens (primary N) is 1. The third-order valence-corrected chi connectivity index (χ3v) is 3.54. The molecule has 0 fully saturated rings. The summed E-state index contributed by atoms with van der Waals surface area (Å²) in [5.74, 6) is 0. The lowest BCUT2D eigenvalue weighted by atomic mass is 9.96. The van der Waals surface area contributed by atoms with Crippen molar-refractivity contribution in [1.29, 1.82) is 0 Å². The van der Waals surface area contributed by atoms with Crippen molar-refractivity contribution in [1.82, 2.24) is 0 Å². The fourth-order valence-corrected chi connectivity index (χ4v) is 2.14. The Hall–Kier alpha value is -0.550. The molecule has 0 bridgehead atoms. The Morgan fingerprint density at radius 2 is 1.82 bits per heavy atom. The van der Waals surface area contributed by atoms with Crippen LogP contribution in [0.4, 0.5) is 13.2 Å². The van der Waals surface area contributed by atoms with Crippen molar-refractivity contribution >= 4 is 15.9 Å². The highest BCUT2D eigenvalue weighted by Gasteiger charge is 2.28. The second kappa shape index (κ2) is 5.40. The van der Waals surface area contributed by atoms with E-state index < -0.39 is 18.6 Å². The topological polar surface area (TPSA) is 26.0 Å². The molecule has 0 spiro atoms. The van der Waals surface area contributed by atoms with Crippen LogP contribution in [0.5, 0.6) is 0 Å². The van der Waals surface area contributed by atoms with Gasteiger partial charge in [-0.05, 0) is 43.0 Å². The smallest absolute Gasteiger partial charge is 0.324 e. The van der Waals surface area contributed by atoms with E-state index in [9.17, 15) is 13.2 Å². The molecule has 2 N–H and O–H groups in total. The highest BCUT2D eigenvalue weighted by Crippen LogP contribution is 2.30. The summed E-state index contributed by atoms with van der Waals surface area (Å²) >= 11 is 3.38. The molecule has 0 aliphatic carbocycles. The van der Waals surface area contributed by atoms with Crippen LogP contribution in [0.3, 0.4) is 0 Å². The lowest BCUT2D eigenvalue weighted by molar-refractivity contribution is -0.136. The van der Waals surface area contributed by atoms with Crippen LogP contribution in [0.15, 0.2) is 16.6 Å². The van der Waals surface area contributed by atoms with Gasteiger partial charge in [0.05, 0.1) is 0 Å². The second-order valence-electron chi connectivity index (χ2n) is 4.22. The Morgan fingerprint density at radius 3 is 2.35 bits per heavy atom. The Bertz CT molecular complexity index is 401. The third-order valence-electron chi connectivity index (χ3n) is 2.69. The molecule has 1 unspecified atom stereocenters. The minimum atomic E-state index is -4.14. The molecule has 17 heavy (non-hydrogen) atoms. The fourth-order valence-electron chi connectivity index (χ4n) is 1.68. The van der Waals surface area contributed by atoms with Crippen molar-refractivity contribution in [2.45, 2.75) is 38.9 Å². The molecule has 1 aromatic rings. The highest BCUT2D eigenvalue weighted by molar-refractivity contribution is 9.10. The number of benzene rings is 1. The number of hydrogen-bond donors (Lipinski definition) is 1. The van der Waals surface area contributed by atoms with E-state index in [-0.39, 0.29) is 6.42 Å². The van der Waals surface area contributed by atoms with Crippen molar-refractivity contribution < 1.29 is 13.2 Å². The number of hydrogen-bond acceptors (Lipinski definition) is 1. The summed E-state index contributed by atoms with van der Waals surface area (Å²) in [6, 6.07) is 3.17. The van der Waals surface area contributed by atoms with Gasteiger partial charge >= 0.3 is 6.18 Å². The summed E-state index contributed by atoms with van der Waals surface area (Å²) in [6.07, 6.45) is -5.07. The van der Waals surface area contributed by atoms with E-state index >= 15 is 0 Å². The summed E-state index contributed by atoms with van der Waals surface area (Å²) in [6.45, 7) is 3.75. The molecule has 0 amide bonds. The van der Waals surface area contributed by atoms with Crippen LogP contribution in [0.2, 0.25) is 0 Å². The molecule has 1 nitrogen and oxygen atoms in total. The minimum Gasteiger partial charge on any atom is -0.324 e. The molecule has 0 aliphatic rings. The predicted octanol–water partition coefficient (Wildman–Crippen LogP) is 4.41. The molecule has 1 rings (SSSR count). The summed E-state index contributed by atoms with van der Waals surface area (Å²) in [7, 11) is 0. The largest absolute Gasteiger partial charge is 0.389 e. The second-order valence-corrected chi connectivity index (χ2v) is 5.07. The van der Waals surface area contributed by atoms with Crippen molar-refractivity contribution in [3.8, 4) is 0 Å². The fraction of sp³-hybridized carbons (Fsp3) is 0.500. The third kappa shape index (κ3) is 4.32. The van der Waals surface area contributed by atoms with E-state index in [0.717, 1.165) is 21.2 Å². The molecular formula is C12H15BrF3N. The Labute approximate surface area is 107 Å². The first-order chi connectivity index (χ1) is 7.70. The number of aryl methyl sites for hydroxylation is 2. The molecule has 0 radical (unpaired) electrons. The van der Waals surface area contributed by atoms with Gasteiger partial charge in [0, 0.05) is 16.9 Å². The number of alkyl halides is 3. The van der Waals surface area contributed by atoms with E-state index in [0.29, 0.717) is 0 Å². The molecule has 5 heteroatoms. The lowest BCUT2D eigenvalue weighted by Gasteiger charge is -2.17. The van der Waals surface area contributed by atoms with E-state index in [1.807, 2.05) is 26.0 Å². The zero-order valence-corrected chi connectivity index (χ0v) is 11.3. The lowest BCUT2D eigenvalue weighted by Crippen LogP contribution is -2.16. The molecule has 0 heterocycles. The molecule has 0 aromatic heterocycles. The maximum absolute atomic E-state index is 12.1. The van der Waals surface area contributed by atoms with Gasteiger partial charge in [0.1, 0.15) is 0 Å². The van der Waals surface area contributed by atoms with E-state index in [1.54, 1.807) is 0 Å². The van der Waals surface area contributed by atoms with Gasteiger partial charge in [0.2, 0.25) is 0 Å². The predicted molar refractivity (Wildman–Crippen MR) is 65.8 cm³/mol. The molecule has 1 atom stereocenters. The van der Waals surface area contributed by atoms with E-state index in [1.165, 1.54) is 0 Å². The van der Waals surface area contributed by atoms with E-state index in [2.05, 4.69) is 15.9 Å². The first-order valence-corrected chi connectivity index (χ1v) is 6.09. The van der Waals surface area contributed by atoms with Crippen molar-refractivity contribution in [3.63, 3.8) is 0 Å². The molecule has 0 saturated carbocycles. The SMILES string of the molecule is Cc1cc(C(N)CCC(F)(F)F)c(C)cc1Br. The van der Waals surface area contributed by atoms with Crippen LogP contribution in [-0.4, -0.2) is 6.18 Å². The van der Waals surface area contributed by atoms with Gasteiger partial charge in [0.15, 0.2) is 0 Å². The highest BCUT2D eigenvalue weighted by atomic mass is 79.9. The maximum Gasteiger partial charge on any atom is 0.389 e. The normalized spacial score (nSPS) is 13.8. The van der Waals surface area contributed by atoms with Gasteiger partial charge in [-0.15, -0.1) is 0 Å². The Kier molecular flexibility index (Phi) is 4.61. The summed E-state index contributed by atoms with van der Waals surface area (Å²) in [5, 5.41) is 0. The van der Waals surface area contributed by atoms with Crippen LogP contribution >= 0.6 is 15.9 Å². The van der Waals surface area contributed by atoms with Crippen molar-refractivity contribution in [2.75, 3.05) is 0 Å². The average Bonchev–Trinajstić information content (AvgIpc) is 2.19. The van der Waals surface area contributed by atoms with Crippen LogP contribution in [0.1, 0.15) is 35.6 Å². The average molecular weight is 310 g/mol. The zero-order chi connectivity index (χ0) is 13.2. The van der Waals surface area contributed by atoms with Crippen LogP contribution < -0.4 is 5.73 Å². The number of halogens is 4. The van der Waals surface area contributed by atoms with Crippen molar-refractivity contribution in [2.24, 2.45) is 5.73 Å². The molecular weight excluding hydrogens is 295 g/mol. The van der Waals surface area contributed by atoms with Gasteiger partial charge in [-0.1, -0.05) is 22.0 Å². The summed E-state index contributed by atoms with van der Waals surface area (Å²) in [4.78, 5) is 0. The molecule has 0 saturated heterocycles. The molecule has 0 aliphatic heterocycles. The van der Waals surface area contributed by atoms with Gasteiger partial charge in [-0.25, -0.2) is 0 Å². The molecule has 96 valence electrons. The molecule has 1 aromatic carbocycles. The van der Waals surface area contributed by atoms with Gasteiger partial charge in [-0.3, -0.25) is 0 Å². The first-order valence-electron chi connectivity index (χ1n) is 5.29. The summed E-state index contributed by atoms with van der Waals surface area (Å²) in [5.41, 5.74) is 8.49. The minimum absolute atomic E-state index is 0.0780. The first kappa shape index (κ1) is 14.5. The van der Waals surface area contributed by atoms with Crippen molar-refractivity contribution in [3.05, 3.63) is 33.3 Å². The van der Waals surface area contributed by atoms with E-state index in [4.69, 9.17) is 5.73 Å². The quantitative estimate of drug-likeness (QED) is 0.879. The maximum atomic E-state index is 12.1. The van der Waals surface area contributed by atoms with Crippen LogP contribution in [-0.2, 0) is 0 Å². The van der Waals surface area contributed by atoms with Gasteiger partial charge in [-0.2, -0.15) is 13.2 Å². The van der Waals surface area contributed by atoms with Crippen LogP contribution in [0, 0.1) is 13.8 Å². The van der Waals surface area contributed by atoms with Gasteiger partial charge < -0.3 is 5.73 Å². The zero-order valence-electron chi connectivity index (χ0n) is 9.74. The Balaban J connectivity index is 2.82. The number of rotatable bonds is 3. The standard InChI is InChI=1S/C12H15BrF3N/c1-7-6-10(13)8(2)5-9(7)11(17)3-4-12(14,15)16/h5-6,11H,3-4,17H2,1-2H3. The summed E-state index contributed by atoms with van der Waals surface area (Å²) < 4.78 is 37.3. The van der Waals surface area contributed by atoms with Gasteiger partial charge in [0.25, 0.3) is 0 Å².